The molecule has 1 heterocycles. The average molecular weight is 238 g/mol. The largest absolute Gasteiger partial charge is 0.343 e. The Kier molecular flexibility index (Phi) is 4.84. The van der Waals surface area contributed by atoms with E-state index in [0.29, 0.717) is 11.8 Å². The van der Waals surface area contributed by atoms with Gasteiger partial charge >= 0.3 is 0 Å². The van der Waals surface area contributed by atoms with E-state index in [1.54, 1.807) is 0 Å². The number of hydrogen-bond acceptors (Lipinski definition) is 2. The zero-order chi connectivity index (χ0) is 12.1. The number of rotatable bonds is 3. The molecule has 0 atom stereocenters. The first-order chi connectivity index (χ1) is 8.29. The highest BCUT2D eigenvalue weighted by Gasteiger charge is 2.24. The summed E-state index contributed by atoms with van der Waals surface area (Å²) in [4.78, 5) is 14.2. The minimum absolute atomic E-state index is 0.404. The van der Waals surface area contributed by atoms with Gasteiger partial charge in [0.05, 0.1) is 0 Å². The first-order valence-electron chi connectivity index (χ1n) is 7.27. The second-order valence-electron chi connectivity index (χ2n) is 5.77. The zero-order valence-corrected chi connectivity index (χ0v) is 10.9. The van der Waals surface area contributed by atoms with E-state index in [2.05, 4.69) is 4.90 Å². The van der Waals surface area contributed by atoms with Crippen molar-refractivity contribution in [3.8, 4) is 0 Å². The predicted octanol–water partition coefficient (Wildman–Crippen LogP) is 2.15. The Hall–Kier alpha value is -0.570. The van der Waals surface area contributed by atoms with Crippen molar-refractivity contribution in [3.05, 3.63) is 0 Å². The summed E-state index contributed by atoms with van der Waals surface area (Å²) in [5, 5.41) is 0. The van der Waals surface area contributed by atoms with Crippen LogP contribution in [0.5, 0.6) is 0 Å². The third-order valence-electron chi connectivity index (χ3n) is 4.47. The Morgan fingerprint density at radius 3 is 2.18 bits per heavy atom. The molecule has 2 aliphatic rings. The molecule has 1 saturated carbocycles. The summed E-state index contributed by atoms with van der Waals surface area (Å²) in [6.07, 6.45) is 9.37. The number of piperidine rings is 1. The number of nitrogens with zero attached hydrogens (tertiary/aromatic N) is 1. The van der Waals surface area contributed by atoms with Crippen molar-refractivity contribution in [1.29, 1.82) is 0 Å². The molecule has 2 rings (SSSR count). The van der Waals surface area contributed by atoms with Gasteiger partial charge in [-0.15, -0.1) is 0 Å². The maximum Gasteiger partial charge on any atom is 0.222 e. The van der Waals surface area contributed by atoms with E-state index in [4.69, 9.17) is 5.73 Å². The van der Waals surface area contributed by atoms with Gasteiger partial charge in [-0.05, 0) is 63.3 Å². The number of nitrogens with two attached hydrogens (primary N) is 1. The van der Waals surface area contributed by atoms with Crippen molar-refractivity contribution >= 4 is 5.91 Å². The van der Waals surface area contributed by atoms with Gasteiger partial charge in [0.25, 0.3) is 0 Å². The Labute approximate surface area is 105 Å². The van der Waals surface area contributed by atoms with Crippen LogP contribution in [0.25, 0.3) is 0 Å². The molecule has 0 bridgehead atoms. The zero-order valence-electron chi connectivity index (χ0n) is 10.9. The van der Waals surface area contributed by atoms with E-state index in [1.165, 1.54) is 44.9 Å². The first kappa shape index (κ1) is 12.9. The first-order valence-corrected chi connectivity index (χ1v) is 7.27. The lowest BCUT2D eigenvalue weighted by Gasteiger charge is -2.31. The van der Waals surface area contributed by atoms with Crippen LogP contribution in [0.3, 0.4) is 0 Å². The average Bonchev–Trinajstić information content (AvgIpc) is 2.40. The van der Waals surface area contributed by atoms with Crippen LogP contribution in [-0.4, -0.2) is 30.4 Å². The van der Waals surface area contributed by atoms with Crippen molar-refractivity contribution in [3.63, 3.8) is 0 Å². The Balaban J connectivity index is 1.71. The SMILES string of the molecule is NCC1CCC(CC(=O)N2CCCCC2)CC1. The van der Waals surface area contributed by atoms with Crippen LogP contribution in [0.2, 0.25) is 0 Å². The summed E-state index contributed by atoms with van der Waals surface area (Å²) in [5.74, 6) is 1.75. The fourth-order valence-electron chi connectivity index (χ4n) is 3.19. The van der Waals surface area contributed by atoms with E-state index in [0.717, 1.165) is 32.0 Å². The molecule has 1 saturated heterocycles. The van der Waals surface area contributed by atoms with Gasteiger partial charge in [0.2, 0.25) is 5.91 Å². The minimum Gasteiger partial charge on any atom is -0.343 e. The van der Waals surface area contributed by atoms with Gasteiger partial charge in [-0.3, -0.25) is 4.79 Å². The molecule has 1 aliphatic heterocycles. The van der Waals surface area contributed by atoms with Crippen LogP contribution in [0.15, 0.2) is 0 Å². The smallest absolute Gasteiger partial charge is 0.222 e. The Morgan fingerprint density at radius 2 is 1.59 bits per heavy atom. The molecule has 3 heteroatoms. The van der Waals surface area contributed by atoms with Gasteiger partial charge < -0.3 is 10.6 Å². The molecule has 0 spiro atoms. The quantitative estimate of drug-likeness (QED) is 0.819. The molecule has 3 nitrogen and oxygen atoms in total. The molecule has 2 fully saturated rings. The second kappa shape index (κ2) is 6.39. The molecule has 0 aromatic heterocycles. The van der Waals surface area contributed by atoms with Gasteiger partial charge in [0, 0.05) is 19.5 Å². The molecular weight excluding hydrogens is 212 g/mol. The van der Waals surface area contributed by atoms with Crippen LogP contribution >= 0.6 is 0 Å². The molecule has 0 aromatic rings. The fraction of sp³-hybridized carbons (Fsp3) is 0.929. The molecule has 1 aliphatic carbocycles. The highest BCUT2D eigenvalue weighted by atomic mass is 16.2. The monoisotopic (exact) mass is 238 g/mol. The van der Waals surface area contributed by atoms with Crippen molar-refractivity contribution in [1.82, 2.24) is 4.90 Å². The summed E-state index contributed by atoms with van der Waals surface area (Å²) in [5.41, 5.74) is 5.69. The summed E-state index contributed by atoms with van der Waals surface area (Å²) in [7, 11) is 0. The van der Waals surface area contributed by atoms with Crippen LogP contribution in [0, 0.1) is 11.8 Å². The van der Waals surface area contributed by atoms with E-state index in [-0.39, 0.29) is 0 Å². The van der Waals surface area contributed by atoms with Crippen LogP contribution < -0.4 is 5.73 Å². The fourth-order valence-corrected chi connectivity index (χ4v) is 3.19. The van der Waals surface area contributed by atoms with Crippen molar-refractivity contribution < 1.29 is 4.79 Å². The van der Waals surface area contributed by atoms with E-state index in [9.17, 15) is 4.79 Å². The van der Waals surface area contributed by atoms with Gasteiger partial charge in [-0.25, -0.2) is 0 Å². The lowest BCUT2D eigenvalue weighted by molar-refractivity contribution is -0.133. The molecule has 1 amide bonds. The van der Waals surface area contributed by atoms with E-state index in [1.807, 2.05) is 0 Å². The van der Waals surface area contributed by atoms with Crippen molar-refractivity contribution in [2.45, 2.75) is 51.4 Å². The molecule has 2 N–H and O–H groups in total. The third-order valence-corrected chi connectivity index (χ3v) is 4.47. The number of carbonyl (C=O) groups is 1. The molecular formula is C14H26N2O. The highest BCUT2D eigenvalue weighted by molar-refractivity contribution is 5.76. The number of likely N-dealkylation sites (tertiary alicyclic amines) is 1. The molecule has 98 valence electrons. The number of amides is 1. The predicted molar refractivity (Wildman–Crippen MR) is 69.6 cm³/mol. The van der Waals surface area contributed by atoms with E-state index < -0.39 is 0 Å². The highest BCUT2D eigenvalue weighted by Crippen LogP contribution is 2.30. The number of hydrogen-bond donors (Lipinski definition) is 1. The maximum atomic E-state index is 12.1. The Bertz CT molecular complexity index is 241. The lowest BCUT2D eigenvalue weighted by Crippen LogP contribution is -2.37. The number of carbonyl (C=O) groups excluding carboxylic acids is 1. The summed E-state index contributed by atoms with van der Waals surface area (Å²) >= 11 is 0. The van der Waals surface area contributed by atoms with Crippen molar-refractivity contribution in [2.24, 2.45) is 17.6 Å². The van der Waals surface area contributed by atoms with Gasteiger partial charge in [0.1, 0.15) is 0 Å². The van der Waals surface area contributed by atoms with Gasteiger partial charge in [-0.2, -0.15) is 0 Å². The van der Waals surface area contributed by atoms with E-state index >= 15 is 0 Å². The van der Waals surface area contributed by atoms with Crippen molar-refractivity contribution in [2.75, 3.05) is 19.6 Å². The normalized spacial score (nSPS) is 30.3. The second-order valence-corrected chi connectivity index (χ2v) is 5.77. The Morgan fingerprint density at radius 1 is 1.00 bits per heavy atom. The standard InChI is InChI=1S/C14H26N2O/c15-11-13-6-4-12(5-7-13)10-14(17)16-8-2-1-3-9-16/h12-13H,1-11,15H2. The third kappa shape index (κ3) is 3.70. The lowest BCUT2D eigenvalue weighted by atomic mass is 9.80. The molecule has 0 aromatic carbocycles. The van der Waals surface area contributed by atoms with Gasteiger partial charge in [0.15, 0.2) is 0 Å². The maximum absolute atomic E-state index is 12.1. The van der Waals surface area contributed by atoms with Crippen LogP contribution in [0.4, 0.5) is 0 Å². The minimum atomic E-state index is 0.404. The van der Waals surface area contributed by atoms with Crippen LogP contribution in [-0.2, 0) is 4.79 Å². The molecule has 17 heavy (non-hydrogen) atoms. The summed E-state index contributed by atoms with van der Waals surface area (Å²) in [6.45, 7) is 2.82. The molecule has 0 unspecified atom stereocenters. The molecule has 0 radical (unpaired) electrons. The summed E-state index contributed by atoms with van der Waals surface area (Å²) in [6, 6.07) is 0. The topological polar surface area (TPSA) is 46.3 Å². The van der Waals surface area contributed by atoms with Crippen LogP contribution in [0.1, 0.15) is 51.4 Å². The summed E-state index contributed by atoms with van der Waals surface area (Å²) < 4.78 is 0. The van der Waals surface area contributed by atoms with Gasteiger partial charge in [-0.1, -0.05) is 0 Å².